The predicted molar refractivity (Wildman–Crippen MR) is 88.7 cm³/mol. The number of hydrogen-bond donors (Lipinski definition) is 1. The summed E-state index contributed by atoms with van der Waals surface area (Å²) in [5, 5.41) is 3.43. The summed E-state index contributed by atoms with van der Waals surface area (Å²) >= 11 is 5.24. The fourth-order valence-electron chi connectivity index (χ4n) is 2.49. The van der Waals surface area contributed by atoms with Crippen molar-refractivity contribution in [3.63, 3.8) is 0 Å². The van der Waals surface area contributed by atoms with Gasteiger partial charge in [-0.2, -0.15) is 0 Å². The summed E-state index contributed by atoms with van der Waals surface area (Å²) in [4.78, 5) is 1.32. The number of halogens is 1. The molecule has 1 heterocycles. The van der Waals surface area contributed by atoms with E-state index in [4.69, 9.17) is 4.74 Å². The summed E-state index contributed by atoms with van der Waals surface area (Å²) in [6.45, 7) is 0.860. The van der Waals surface area contributed by atoms with Crippen LogP contribution in [0.4, 0.5) is 5.69 Å². The van der Waals surface area contributed by atoms with Gasteiger partial charge in [-0.25, -0.2) is 0 Å². The van der Waals surface area contributed by atoms with Crippen molar-refractivity contribution in [2.24, 2.45) is 0 Å². The van der Waals surface area contributed by atoms with Gasteiger partial charge in [-0.3, -0.25) is 0 Å². The normalized spacial score (nSPS) is 15.4. The number of nitrogens with one attached hydrogen (secondary N) is 1. The molecule has 0 saturated heterocycles. The highest BCUT2D eigenvalue weighted by atomic mass is 79.9. The van der Waals surface area contributed by atoms with Gasteiger partial charge in [0.15, 0.2) is 0 Å². The number of rotatable bonds is 5. The standard InChI is InChI=1S/C16H18BrNOS/c17-16-10-9-15(20-16)11-18-12-5-7-14(8-6-12)19-13-3-1-2-4-13/h5-10,13,18H,1-4,11H2. The van der Waals surface area contributed by atoms with E-state index in [0.29, 0.717) is 6.10 Å². The molecule has 0 amide bonds. The minimum atomic E-state index is 0.428. The lowest BCUT2D eigenvalue weighted by molar-refractivity contribution is 0.210. The highest BCUT2D eigenvalue weighted by Crippen LogP contribution is 2.26. The van der Waals surface area contributed by atoms with Gasteiger partial charge in [-0.1, -0.05) is 0 Å². The first-order valence-electron chi connectivity index (χ1n) is 7.04. The Hall–Kier alpha value is -1.000. The average Bonchev–Trinajstić information content (AvgIpc) is 3.10. The van der Waals surface area contributed by atoms with Gasteiger partial charge in [0, 0.05) is 17.1 Å². The molecule has 1 aliphatic carbocycles. The highest BCUT2D eigenvalue weighted by molar-refractivity contribution is 9.11. The SMILES string of the molecule is Brc1ccc(CNc2ccc(OC3CCCC3)cc2)s1. The Balaban J connectivity index is 1.52. The first-order valence-corrected chi connectivity index (χ1v) is 8.65. The number of benzene rings is 1. The van der Waals surface area contributed by atoms with Crippen molar-refractivity contribution < 1.29 is 4.74 Å². The average molecular weight is 352 g/mol. The number of thiophene rings is 1. The van der Waals surface area contributed by atoms with E-state index in [0.717, 1.165) is 18.0 Å². The second-order valence-corrected chi connectivity index (χ2v) is 7.66. The molecule has 2 aromatic rings. The molecular weight excluding hydrogens is 334 g/mol. The lowest BCUT2D eigenvalue weighted by Crippen LogP contribution is -2.10. The van der Waals surface area contributed by atoms with Crippen LogP contribution in [0.5, 0.6) is 5.75 Å². The highest BCUT2D eigenvalue weighted by Gasteiger charge is 2.16. The van der Waals surface area contributed by atoms with Gasteiger partial charge in [0.25, 0.3) is 0 Å². The van der Waals surface area contributed by atoms with Crippen molar-refractivity contribution >= 4 is 33.0 Å². The first kappa shape index (κ1) is 14.0. The molecule has 0 spiro atoms. The lowest BCUT2D eigenvalue weighted by Gasteiger charge is -2.13. The lowest BCUT2D eigenvalue weighted by atomic mass is 10.2. The summed E-state index contributed by atoms with van der Waals surface area (Å²) in [6, 6.07) is 12.5. The third kappa shape index (κ3) is 3.76. The second kappa shape index (κ2) is 6.64. The van der Waals surface area contributed by atoms with Crippen LogP contribution in [0.25, 0.3) is 0 Å². The molecule has 1 aromatic heterocycles. The molecule has 0 bridgehead atoms. The molecule has 106 valence electrons. The van der Waals surface area contributed by atoms with Crippen LogP contribution in [-0.4, -0.2) is 6.10 Å². The Bertz CT molecular complexity index is 546. The maximum absolute atomic E-state index is 5.96. The Labute approximate surface area is 132 Å². The third-order valence-corrected chi connectivity index (χ3v) is 5.18. The smallest absolute Gasteiger partial charge is 0.119 e. The van der Waals surface area contributed by atoms with Gasteiger partial charge in [-0.15, -0.1) is 11.3 Å². The molecule has 1 fully saturated rings. The molecule has 3 rings (SSSR count). The van der Waals surface area contributed by atoms with Crippen LogP contribution in [0.2, 0.25) is 0 Å². The van der Waals surface area contributed by atoms with Gasteiger partial charge in [0.1, 0.15) is 5.75 Å². The minimum absolute atomic E-state index is 0.428. The third-order valence-electron chi connectivity index (χ3n) is 3.55. The van der Waals surface area contributed by atoms with E-state index in [1.807, 2.05) is 0 Å². The largest absolute Gasteiger partial charge is 0.490 e. The Morgan fingerprint density at radius 3 is 2.50 bits per heavy atom. The van der Waals surface area contributed by atoms with E-state index in [2.05, 4.69) is 57.6 Å². The Morgan fingerprint density at radius 2 is 1.85 bits per heavy atom. The quantitative estimate of drug-likeness (QED) is 0.773. The molecule has 20 heavy (non-hydrogen) atoms. The van der Waals surface area contributed by atoms with Crippen LogP contribution >= 0.6 is 27.3 Å². The monoisotopic (exact) mass is 351 g/mol. The number of ether oxygens (including phenoxy) is 1. The molecule has 2 nitrogen and oxygen atoms in total. The van der Waals surface area contributed by atoms with Crippen LogP contribution in [0.1, 0.15) is 30.6 Å². The summed E-state index contributed by atoms with van der Waals surface area (Å²) in [6.07, 6.45) is 5.44. The van der Waals surface area contributed by atoms with Gasteiger partial charge in [-0.05, 0) is 78.0 Å². The zero-order chi connectivity index (χ0) is 13.8. The van der Waals surface area contributed by atoms with Crippen LogP contribution in [-0.2, 0) is 6.54 Å². The molecule has 0 unspecified atom stereocenters. The molecule has 0 aliphatic heterocycles. The van der Waals surface area contributed by atoms with Crippen LogP contribution in [0.3, 0.4) is 0 Å². The topological polar surface area (TPSA) is 21.3 Å². The molecule has 1 aliphatic rings. The summed E-state index contributed by atoms with van der Waals surface area (Å²) in [7, 11) is 0. The molecule has 1 saturated carbocycles. The zero-order valence-corrected chi connectivity index (χ0v) is 13.7. The predicted octanol–water partition coefficient (Wildman–Crippen LogP) is 5.44. The van der Waals surface area contributed by atoms with E-state index < -0.39 is 0 Å². The van der Waals surface area contributed by atoms with Crippen LogP contribution in [0.15, 0.2) is 40.2 Å². The maximum Gasteiger partial charge on any atom is 0.119 e. The van der Waals surface area contributed by atoms with Crippen molar-refractivity contribution in [3.05, 3.63) is 45.1 Å². The summed E-state index contributed by atoms with van der Waals surface area (Å²) < 4.78 is 7.14. The molecule has 4 heteroatoms. The molecule has 1 N–H and O–H groups in total. The van der Waals surface area contributed by atoms with Gasteiger partial charge < -0.3 is 10.1 Å². The van der Waals surface area contributed by atoms with E-state index in [1.165, 1.54) is 34.3 Å². The molecular formula is C16H18BrNOS. The number of hydrogen-bond acceptors (Lipinski definition) is 3. The van der Waals surface area contributed by atoms with E-state index in [1.54, 1.807) is 11.3 Å². The zero-order valence-electron chi connectivity index (χ0n) is 11.3. The van der Waals surface area contributed by atoms with Crippen molar-refractivity contribution in [3.8, 4) is 5.75 Å². The Kier molecular flexibility index (Phi) is 4.63. The van der Waals surface area contributed by atoms with E-state index >= 15 is 0 Å². The van der Waals surface area contributed by atoms with Crippen LogP contribution < -0.4 is 10.1 Å². The fourth-order valence-corrected chi connectivity index (χ4v) is 3.91. The van der Waals surface area contributed by atoms with Gasteiger partial charge in [0.05, 0.1) is 9.89 Å². The number of anilines is 1. The van der Waals surface area contributed by atoms with Gasteiger partial charge in [0.2, 0.25) is 0 Å². The molecule has 0 atom stereocenters. The van der Waals surface area contributed by atoms with Crippen molar-refractivity contribution in [2.75, 3.05) is 5.32 Å². The van der Waals surface area contributed by atoms with E-state index in [-0.39, 0.29) is 0 Å². The van der Waals surface area contributed by atoms with E-state index in [9.17, 15) is 0 Å². The Morgan fingerprint density at radius 1 is 1.10 bits per heavy atom. The van der Waals surface area contributed by atoms with Crippen molar-refractivity contribution in [1.82, 2.24) is 0 Å². The van der Waals surface area contributed by atoms with Crippen LogP contribution in [0, 0.1) is 0 Å². The summed E-state index contributed by atoms with van der Waals surface area (Å²) in [5.41, 5.74) is 1.13. The van der Waals surface area contributed by atoms with Crippen molar-refractivity contribution in [1.29, 1.82) is 0 Å². The fraction of sp³-hybridized carbons (Fsp3) is 0.375. The second-order valence-electron chi connectivity index (χ2n) is 5.11. The molecule has 1 aromatic carbocycles. The summed E-state index contributed by atoms with van der Waals surface area (Å²) in [5.74, 6) is 0.987. The van der Waals surface area contributed by atoms with Crippen molar-refractivity contribution in [2.45, 2.75) is 38.3 Å². The maximum atomic E-state index is 5.96. The van der Waals surface area contributed by atoms with Gasteiger partial charge >= 0.3 is 0 Å². The minimum Gasteiger partial charge on any atom is -0.490 e. The molecule has 0 radical (unpaired) electrons. The first-order chi connectivity index (χ1) is 9.79.